The number of anilines is 1. The van der Waals surface area contributed by atoms with Crippen LogP contribution in [0.25, 0.3) is 0 Å². The molecule has 2 heterocycles. The van der Waals surface area contributed by atoms with Crippen LogP contribution < -0.4 is 4.90 Å². The first-order valence-electron chi connectivity index (χ1n) is 5.09. The fourth-order valence-corrected chi connectivity index (χ4v) is 2.45. The highest BCUT2D eigenvalue weighted by molar-refractivity contribution is 7.86. The van der Waals surface area contributed by atoms with Gasteiger partial charge < -0.3 is 4.90 Å². The summed E-state index contributed by atoms with van der Waals surface area (Å²) < 4.78 is 26.9. The Morgan fingerprint density at radius 1 is 1.50 bits per heavy atom. The molecule has 1 aliphatic heterocycles. The quantitative estimate of drug-likeness (QED) is 0.728. The van der Waals surface area contributed by atoms with Crippen molar-refractivity contribution < 1.29 is 12.6 Å². The maximum Gasteiger partial charge on any atom is 0.264 e. The lowest BCUT2D eigenvalue weighted by atomic mass is 10.3. The fourth-order valence-electron chi connectivity index (χ4n) is 1.80. The van der Waals surface area contributed by atoms with Crippen LogP contribution in [0.15, 0.2) is 24.4 Å². The van der Waals surface area contributed by atoms with Crippen LogP contribution in [-0.2, 0) is 14.3 Å². The summed E-state index contributed by atoms with van der Waals surface area (Å²) in [4.78, 5) is 6.24. The second-order valence-electron chi connectivity index (χ2n) is 3.84. The first kappa shape index (κ1) is 11.3. The molecule has 0 amide bonds. The number of rotatable bonds is 3. The van der Waals surface area contributed by atoms with E-state index in [1.54, 1.807) is 6.20 Å². The number of hydrogen-bond acceptors (Lipinski definition) is 5. The lowest BCUT2D eigenvalue weighted by molar-refractivity contribution is 0.234. The van der Waals surface area contributed by atoms with E-state index in [9.17, 15) is 8.42 Å². The SMILES string of the molecule is CS(=O)(=O)O[C@@H]1CCN(c2ccccn2)C1. The van der Waals surface area contributed by atoms with Crippen molar-refractivity contribution in [1.29, 1.82) is 0 Å². The van der Waals surface area contributed by atoms with Gasteiger partial charge in [0.15, 0.2) is 0 Å². The second-order valence-corrected chi connectivity index (χ2v) is 5.45. The van der Waals surface area contributed by atoms with E-state index >= 15 is 0 Å². The minimum absolute atomic E-state index is 0.253. The zero-order valence-corrected chi connectivity index (χ0v) is 9.85. The summed E-state index contributed by atoms with van der Waals surface area (Å²) in [6.45, 7) is 1.35. The average Bonchev–Trinajstić information content (AvgIpc) is 2.65. The predicted molar refractivity (Wildman–Crippen MR) is 60.8 cm³/mol. The van der Waals surface area contributed by atoms with Crippen LogP contribution in [0.2, 0.25) is 0 Å². The first-order valence-corrected chi connectivity index (χ1v) is 6.90. The number of pyridine rings is 1. The van der Waals surface area contributed by atoms with Crippen LogP contribution in [0.4, 0.5) is 5.82 Å². The molecule has 0 aliphatic carbocycles. The van der Waals surface area contributed by atoms with Gasteiger partial charge in [0.1, 0.15) is 5.82 Å². The molecule has 1 saturated heterocycles. The van der Waals surface area contributed by atoms with Gasteiger partial charge in [-0.25, -0.2) is 4.98 Å². The number of hydrogen-bond donors (Lipinski definition) is 0. The zero-order chi connectivity index (χ0) is 11.6. The number of aromatic nitrogens is 1. The van der Waals surface area contributed by atoms with E-state index in [4.69, 9.17) is 4.18 Å². The minimum Gasteiger partial charge on any atom is -0.354 e. The molecule has 0 aromatic carbocycles. The third kappa shape index (κ3) is 2.93. The van der Waals surface area contributed by atoms with Crippen molar-refractivity contribution in [3.63, 3.8) is 0 Å². The summed E-state index contributed by atoms with van der Waals surface area (Å²) in [5.41, 5.74) is 0. The Hall–Kier alpha value is -1.14. The smallest absolute Gasteiger partial charge is 0.264 e. The van der Waals surface area contributed by atoms with Crippen LogP contribution >= 0.6 is 0 Å². The van der Waals surface area contributed by atoms with Crippen molar-refractivity contribution in [1.82, 2.24) is 4.98 Å². The molecular formula is C10H14N2O3S. The topological polar surface area (TPSA) is 59.5 Å². The lowest BCUT2D eigenvalue weighted by Crippen LogP contribution is -2.24. The first-order chi connectivity index (χ1) is 7.54. The lowest BCUT2D eigenvalue weighted by Gasteiger charge is -2.16. The van der Waals surface area contributed by atoms with Gasteiger partial charge in [-0.2, -0.15) is 8.42 Å². The standard InChI is InChI=1S/C10H14N2O3S/c1-16(13,14)15-9-5-7-12(8-9)10-4-2-3-6-11-10/h2-4,6,9H,5,7-8H2,1H3/t9-/m1/s1. The van der Waals surface area contributed by atoms with E-state index in [1.165, 1.54) is 0 Å². The highest BCUT2D eigenvalue weighted by atomic mass is 32.2. The van der Waals surface area contributed by atoms with Crippen LogP contribution in [-0.4, -0.2) is 38.9 Å². The zero-order valence-electron chi connectivity index (χ0n) is 9.04. The van der Waals surface area contributed by atoms with Crippen LogP contribution in [0.1, 0.15) is 6.42 Å². The van der Waals surface area contributed by atoms with Crippen molar-refractivity contribution in [3.05, 3.63) is 24.4 Å². The molecule has 1 fully saturated rings. The Morgan fingerprint density at radius 3 is 2.94 bits per heavy atom. The third-order valence-corrected chi connectivity index (χ3v) is 3.05. The van der Waals surface area contributed by atoms with E-state index in [0.717, 1.165) is 18.6 Å². The van der Waals surface area contributed by atoms with Crippen molar-refractivity contribution in [2.75, 3.05) is 24.2 Å². The highest BCUT2D eigenvalue weighted by Gasteiger charge is 2.26. The largest absolute Gasteiger partial charge is 0.354 e. The average molecular weight is 242 g/mol. The highest BCUT2D eigenvalue weighted by Crippen LogP contribution is 2.20. The minimum atomic E-state index is -3.36. The molecule has 1 aromatic rings. The Kier molecular flexibility index (Phi) is 3.11. The molecule has 6 heteroatoms. The van der Waals surface area contributed by atoms with Crippen molar-refractivity contribution in [2.45, 2.75) is 12.5 Å². The van der Waals surface area contributed by atoms with E-state index in [2.05, 4.69) is 4.98 Å². The summed E-state index contributed by atoms with van der Waals surface area (Å²) >= 11 is 0. The van der Waals surface area contributed by atoms with Gasteiger partial charge >= 0.3 is 0 Å². The monoisotopic (exact) mass is 242 g/mol. The number of nitrogens with zero attached hydrogens (tertiary/aromatic N) is 2. The summed E-state index contributed by atoms with van der Waals surface area (Å²) in [5, 5.41) is 0. The van der Waals surface area contributed by atoms with Crippen molar-refractivity contribution in [3.8, 4) is 0 Å². The summed E-state index contributed by atoms with van der Waals surface area (Å²) in [6.07, 6.45) is 3.26. The van der Waals surface area contributed by atoms with Gasteiger partial charge in [-0.05, 0) is 18.6 Å². The van der Waals surface area contributed by atoms with Crippen molar-refractivity contribution >= 4 is 15.9 Å². The van der Waals surface area contributed by atoms with Gasteiger partial charge in [-0.3, -0.25) is 4.18 Å². The molecular weight excluding hydrogens is 228 g/mol. The predicted octanol–water partition coefficient (Wildman–Crippen LogP) is 0.637. The molecule has 2 rings (SSSR count). The molecule has 0 spiro atoms. The van der Waals surface area contributed by atoms with E-state index in [0.29, 0.717) is 13.0 Å². The van der Waals surface area contributed by atoms with Gasteiger partial charge in [-0.15, -0.1) is 0 Å². The van der Waals surface area contributed by atoms with E-state index in [-0.39, 0.29) is 6.10 Å². The van der Waals surface area contributed by atoms with Gasteiger partial charge in [0.05, 0.1) is 12.4 Å². The Labute approximate surface area is 95.2 Å². The molecule has 16 heavy (non-hydrogen) atoms. The fraction of sp³-hybridized carbons (Fsp3) is 0.500. The molecule has 0 radical (unpaired) electrons. The van der Waals surface area contributed by atoms with Crippen molar-refractivity contribution in [2.24, 2.45) is 0 Å². The molecule has 0 unspecified atom stereocenters. The Morgan fingerprint density at radius 2 is 2.31 bits per heavy atom. The van der Waals surface area contributed by atoms with Crippen LogP contribution in [0.3, 0.4) is 0 Å². The van der Waals surface area contributed by atoms with Crippen LogP contribution in [0.5, 0.6) is 0 Å². The second kappa shape index (κ2) is 4.39. The summed E-state index contributed by atoms with van der Waals surface area (Å²) in [6, 6.07) is 5.67. The van der Waals surface area contributed by atoms with Gasteiger partial charge in [-0.1, -0.05) is 6.07 Å². The summed E-state index contributed by atoms with van der Waals surface area (Å²) in [5.74, 6) is 0.863. The molecule has 1 aromatic heterocycles. The van der Waals surface area contributed by atoms with E-state index in [1.807, 2.05) is 23.1 Å². The van der Waals surface area contributed by atoms with Gasteiger partial charge in [0, 0.05) is 19.3 Å². The third-order valence-electron chi connectivity index (χ3n) is 2.43. The van der Waals surface area contributed by atoms with Gasteiger partial charge in [0.25, 0.3) is 10.1 Å². The Balaban J connectivity index is 1.99. The summed E-state index contributed by atoms with van der Waals surface area (Å²) in [7, 11) is -3.36. The molecule has 1 atom stereocenters. The Bertz CT molecular complexity index is 446. The van der Waals surface area contributed by atoms with E-state index < -0.39 is 10.1 Å². The molecule has 88 valence electrons. The molecule has 0 N–H and O–H groups in total. The normalized spacial score (nSPS) is 21.3. The maximum atomic E-state index is 11.0. The maximum absolute atomic E-state index is 11.0. The molecule has 0 bridgehead atoms. The molecule has 0 saturated carbocycles. The molecule has 1 aliphatic rings. The molecule has 5 nitrogen and oxygen atoms in total. The van der Waals surface area contributed by atoms with Gasteiger partial charge in [0.2, 0.25) is 0 Å². The van der Waals surface area contributed by atoms with Crippen LogP contribution in [0, 0.1) is 0 Å².